The van der Waals surface area contributed by atoms with Gasteiger partial charge in [-0.05, 0) is 25.8 Å². The Morgan fingerprint density at radius 1 is 1.38 bits per heavy atom. The molecular weight excluding hydrogens is 220 g/mol. The highest BCUT2D eigenvalue weighted by Crippen LogP contribution is 2.34. The number of carbonyl (C=O) groups is 1. The molecule has 2 nitrogen and oxygen atoms in total. The topological polar surface area (TPSA) is 26.3 Å². The molecule has 0 bridgehead atoms. The van der Waals surface area contributed by atoms with Gasteiger partial charge in [0, 0.05) is 22.9 Å². The first kappa shape index (κ1) is 11.8. The summed E-state index contributed by atoms with van der Waals surface area (Å²) in [6.07, 6.45) is 5.17. The third-order valence-electron chi connectivity index (χ3n) is 3.46. The molecule has 88 valence electrons. The minimum absolute atomic E-state index is 0.180. The van der Waals surface area contributed by atoms with Crippen molar-refractivity contribution in [2.75, 3.05) is 7.11 Å². The molecular formula is C13H18O2S. The monoisotopic (exact) mass is 238 g/mol. The van der Waals surface area contributed by atoms with Gasteiger partial charge in [-0.2, -0.15) is 0 Å². The fourth-order valence-corrected chi connectivity index (χ4v) is 3.16. The van der Waals surface area contributed by atoms with Gasteiger partial charge in [0.15, 0.2) is 5.78 Å². The molecule has 1 aromatic heterocycles. The quantitative estimate of drug-likeness (QED) is 0.752. The van der Waals surface area contributed by atoms with Gasteiger partial charge in [0.1, 0.15) is 5.60 Å². The van der Waals surface area contributed by atoms with Crippen molar-refractivity contribution in [3.8, 4) is 0 Å². The van der Waals surface area contributed by atoms with Gasteiger partial charge in [0.25, 0.3) is 0 Å². The Morgan fingerprint density at radius 2 is 2.06 bits per heavy atom. The molecule has 3 heteroatoms. The molecule has 2 rings (SSSR count). The van der Waals surface area contributed by atoms with Gasteiger partial charge in [-0.1, -0.05) is 19.3 Å². The maximum Gasteiger partial charge on any atom is 0.195 e. The molecule has 0 radical (unpaired) electrons. The lowest BCUT2D eigenvalue weighted by Crippen LogP contribution is -2.42. The minimum Gasteiger partial charge on any atom is -0.370 e. The number of carbonyl (C=O) groups excluding carboxylic acids is 1. The first-order valence-electron chi connectivity index (χ1n) is 5.83. The molecule has 0 unspecified atom stereocenters. The number of methoxy groups -OCH3 is 1. The lowest BCUT2D eigenvalue weighted by molar-refractivity contribution is -0.0193. The van der Waals surface area contributed by atoms with Crippen LogP contribution in [0.2, 0.25) is 0 Å². The normalized spacial score (nSPS) is 19.6. The van der Waals surface area contributed by atoms with Crippen molar-refractivity contribution in [1.29, 1.82) is 0 Å². The zero-order chi connectivity index (χ0) is 11.6. The second-order valence-corrected chi connectivity index (χ2v) is 5.65. The highest BCUT2D eigenvalue weighted by molar-refractivity contribution is 7.10. The number of hydrogen-bond donors (Lipinski definition) is 0. The molecule has 0 N–H and O–H groups in total. The van der Waals surface area contributed by atoms with Crippen molar-refractivity contribution in [3.63, 3.8) is 0 Å². The first-order chi connectivity index (χ1) is 7.68. The van der Waals surface area contributed by atoms with Crippen LogP contribution >= 0.6 is 11.3 Å². The van der Waals surface area contributed by atoms with E-state index in [0.717, 1.165) is 31.2 Å². The van der Waals surface area contributed by atoms with Crippen LogP contribution in [0.3, 0.4) is 0 Å². The number of ether oxygens (including phenoxy) is 1. The van der Waals surface area contributed by atoms with Crippen molar-refractivity contribution in [2.24, 2.45) is 0 Å². The Bertz CT molecular complexity index is 375. The zero-order valence-electron chi connectivity index (χ0n) is 9.91. The van der Waals surface area contributed by atoms with E-state index in [-0.39, 0.29) is 5.78 Å². The summed E-state index contributed by atoms with van der Waals surface area (Å²) in [5, 5.41) is 1.95. The van der Waals surface area contributed by atoms with Crippen LogP contribution in [0.25, 0.3) is 0 Å². The number of Topliss-reactive ketones (excluding diaryl/α,β-unsaturated/α-hetero) is 1. The van der Waals surface area contributed by atoms with Crippen LogP contribution in [0.5, 0.6) is 0 Å². The van der Waals surface area contributed by atoms with Crippen molar-refractivity contribution in [1.82, 2.24) is 0 Å². The number of aryl methyl sites for hydroxylation is 1. The van der Waals surface area contributed by atoms with Crippen molar-refractivity contribution >= 4 is 17.1 Å². The summed E-state index contributed by atoms with van der Waals surface area (Å²) in [7, 11) is 1.67. The predicted octanol–water partition coefficient (Wildman–Crippen LogP) is 3.59. The molecule has 1 aliphatic carbocycles. The van der Waals surface area contributed by atoms with E-state index in [4.69, 9.17) is 4.74 Å². The molecule has 0 aliphatic heterocycles. The van der Waals surface area contributed by atoms with Crippen LogP contribution in [0.4, 0.5) is 0 Å². The predicted molar refractivity (Wildman–Crippen MR) is 66.2 cm³/mol. The van der Waals surface area contributed by atoms with Crippen molar-refractivity contribution in [3.05, 3.63) is 21.9 Å². The number of hydrogen-bond acceptors (Lipinski definition) is 3. The Morgan fingerprint density at radius 3 is 2.56 bits per heavy atom. The van der Waals surface area contributed by atoms with E-state index in [1.165, 1.54) is 11.3 Å². The molecule has 1 aromatic rings. The summed E-state index contributed by atoms with van der Waals surface area (Å²) in [6, 6.07) is 1.97. The summed E-state index contributed by atoms with van der Waals surface area (Å²) in [4.78, 5) is 13.6. The molecule has 16 heavy (non-hydrogen) atoms. The summed E-state index contributed by atoms with van der Waals surface area (Å²) in [5.41, 5.74) is 0.289. The second kappa shape index (κ2) is 4.68. The highest BCUT2D eigenvalue weighted by Gasteiger charge is 2.40. The molecule has 0 spiro atoms. The molecule has 1 heterocycles. The molecule has 1 saturated carbocycles. The number of rotatable bonds is 3. The third kappa shape index (κ3) is 2.06. The second-order valence-electron chi connectivity index (χ2n) is 4.53. The largest absolute Gasteiger partial charge is 0.370 e. The Balaban J connectivity index is 2.24. The lowest BCUT2D eigenvalue weighted by Gasteiger charge is -2.34. The minimum atomic E-state index is -0.536. The standard InChI is InChI=1S/C13H18O2S/c1-10-8-11(9-16-10)12(14)13(15-2)6-4-3-5-7-13/h8-9H,3-7H2,1-2H3. The summed E-state index contributed by atoms with van der Waals surface area (Å²) in [5.74, 6) is 0.180. The first-order valence-corrected chi connectivity index (χ1v) is 6.71. The van der Waals surface area contributed by atoms with Crippen LogP contribution < -0.4 is 0 Å². The lowest BCUT2D eigenvalue weighted by atomic mass is 9.80. The van der Waals surface area contributed by atoms with E-state index < -0.39 is 5.60 Å². The Labute approximate surface area is 101 Å². The van der Waals surface area contributed by atoms with Gasteiger partial charge in [0.2, 0.25) is 0 Å². The van der Waals surface area contributed by atoms with Gasteiger partial charge in [-0.15, -0.1) is 11.3 Å². The number of thiophene rings is 1. The fourth-order valence-electron chi connectivity index (χ4n) is 2.47. The SMILES string of the molecule is COC1(C(=O)c2csc(C)c2)CCCCC1. The molecule has 0 aromatic carbocycles. The van der Waals surface area contributed by atoms with Crippen LogP contribution in [0.1, 0.15) is 47.3 Å². The average Bonchev–Trinajstić information content (AvgIpc) is 2.76. The summed E-state index contributed by atoms with van der Waals surface area (Å²) >= 11 is 1.63. The maximum atomic E-state index is 12.4. The van der Waals surface area contributed by atoms with Gasteiger partial charge < -0.3 is 4.74 Å². The zero-order valence-corrected chi connectivity index (χ0v) is 10.7. The fraction of sp³-hybridized carbons (Fsp3) is 0.615. The van der Waals surface area contributed by atoms with Crippen LogP contribution in [-0.2, 0) is 4.74 Å². The van der Waals surface area contributed by atoms with E-state index in [0.29, 0.717) is 0 Å². The molecule has 0 atom stereocenters. The Hall–Kier alpha value is -0.670. The van der Waals surface area contributed by atoms with Gasteiger partial charge in [-0.25, -0.2) is 0 Å². The smallest absolute Gasteiger partial charge is 0.195 e. The van der Waals surface area contributed by atoms with E-state index in [2.05, 4.69) is 0 Å². The van der Waals surface area contributed by atoms with Gasteiger partial charge in [-0.3, -0.25) is 4.79 Å². The molecule has 1 aliphatic rings. The van der Waals surface area contributed by atoms with E-state index in [1.807, 2.05) is 18.4 Å². The van der Waals surface area contributed by atoms with Crippen LogP contribution in [-0.4, -0.2) is 18.5 Å². The third-order valence-corrected chi connectivity index (χ3v) is 4.32. The van der Waals surface area contributed by atoms with Gasteiger partial charge >= 0.3 is 0 Å². The molecule has 0 amide bonds. The van der Waals surface area contributed by atoms with Crippen molar-refractivity contribution < 1.29 is 9.53 Å². The Kier molecular flexibility index (Phi) is 3.45. The number of ketones is 1. The molecule has 1 fully saturated rings. The van der Waals surface area contributed by atoms with Crippen LogP contribution in [0, 0.1) is 6.92 Å². The van der Waals surface area contributed by atoms with Crippen LogP contribution in [0.15, 0.2) is 11.4 Å². The van der Waals surface area contributed by atoms with E-state index in [9.17, 15) is 4.79 Å². The maximum absolute atomic E-state index is 12.4. The van der Waals surface area contributed by atoms with E-state index >= 15 is 0 Å². The highest BCUT2D eigenvalue weighted by atomic mass is 32.1. The average molecular weight is 238 g/mol. The van der Waals surface area contributed by atoms with Crippen molar-refractivity contribution in [2.45, 2.75) is 44.6 Å². The van der Waals surface area contributed by atoms with Gasteiger partial charge in [0.05, 0.1) is 0 Å². The van der Waals surface area contributed by atoms with E-state index in [1.54, 1.807) is 18.4 Å². The summed E-state index contributed by atoms with van der Waals surface area (Å²) in [6.45, 7) is 2.03. The summed E-state index contributed by atoms with van der Waals surface area (Å²) < 4.78 is 5.56. The molecule has 0 saturated heterocycles.